The van der Waals surface area contributed by atoms with Crippen molar-refractivity contribution in [3.8, 4) is 22.4 Å². The van der Waals surface area contributed by atoms with Crippen LogP contribution in [0.5, 0.6) is 0 Å². The van der Waals surface area contributed by atoms with E-state index in [9.17, 15) is 22.0 Å². The molecule has 204 valence electrons. The fourth-order valence-electron chi connectivity index (χ4n) is 3.77. The minimum absolute atomic E-state index is 0.161. The zero-order valence-electron chi connectivity index (χ0n) is 20.9. The number of sulfonamides is 1. The van der Waals surface area contributed by atoms with Crippen molar-refractivity contribution in [1.29, 1.82) is 0 Å². The lowest BCUT2D eigenvalue weighted by Gasteiger charge is -2.24. The molecule has 13 heteroatoms. The molecule has 0 saturated carbocycles. The van der Waals surface area contributed by atoms with Crippen molar-refractivity contribution in [2.75, 3.05) is 4.31 Å². The van der Waals surface area contributed by atoms with Crippen molar-refractivity contribution in [3.63, 3.8) is 0 Å². The number of aromatic nitrogens is 3. The van der Waals surface area contributed by atoms with Gasteiger partial charge in [-0.1, -0.05) is 0 Å². The first kappa shape index (κ1) is 27.8. The molecule has 0 spiro atoms. The van der Waals surface area contributed by atoms with E-state index in [1.165, 1.54) is 30.9 Å². The van der Waals surface area contributed by atoms with Gasteiger partial charge in [0.1, 0.15) is 33.7 Å². The molecular weight excluding hydrogens is 540 g/mol. The summed E-state index contributed by atoms with van der Waals surface area (Å²) in [5.74, 6) is -5.13. The van der Waals surface area contributed by atoms with Gasteiger partial charge in [-0.15, -0.1) is 0 Å². The fourth-order valence-corrected chi connectivity index (χ4v) is 5.19. The lowest BCUT2D eigenvalue weighted by molar-refractivity contribution is 0.126. The largest absolute Gasteiger partial charge is 0.446 e. The highest BCUT2D eigenvalue weighted by Gasteiger charge is 2.38. The standard InChI is InChI=1S/C26H22F4N4O4S/c1-4-33-14-18(16-9-11-31-12-10-16)25(32-33)23-20(29)7-8-21(24(23)30)34(26(35)38-15(2)3)39(36,37)22-13-17(27)5-6-19(22)28/h5-15H,4H2,1-3H3. The van der Waals surface area contributed by atoms with E-state index in [1.807, 2.05) is 0 Å². The first-order chi connectivity index (χ1) is 18.4. The number of hydrogen-bond donors (Lipinski definition) is 0. The number of anilines is 1. The molecule has 4 aromatic rings. The second-order valence-electron chi connectivity index (χ2n) is 8.52. The third-order valence-corrected chi connectivity index (χ3v) is 7.21. The Hall–Kier alpha value is -4.26. The molecule has 0 atom stereocenters. The van der Waals surface area contributed by atoms with Crippen molar-refractivity contribution < 1.29 is 35.5 Å². The number of nitrogens with zero attached hydrogens (tertiary/aromatic N) is 4. The zero-order chi connectivity index (χ0) is 28.5. The van der Waals surface area contributed by atoms with Gasteiger partial charge in [-0.3, -0.25) is 9.67 Å². The summed E-state index contributed by atoms with van der Waals surface area (Å²) in [5.41, 5.74) is -1.11. The summed E-state index contributed by atoms with van der Waals surface area (Å²) in [5, 5.41) is 4.26. The lowest BCUT2D eigenvalue weighted by Crippen LogP contribution is -2.39. The van der Waals surface area contributed by atoms with Gasteiger partial charge in [0.05, 0.1) is 11.7 Å². The maximum absolute atomic E-state index is 16.2. The van der Waals surface area contributed by atoms with E-state index >= 15 is 8.78 Å². The highest BCUT2D eigenvalue weighted by atomic mass is 32.2. The third kappa shape index (κ3) is 5.35. The maximum atomic E-state index is 16.2. The Morgan fingerprint density at radius 1 is 1.03 bits per heavy atom. The lowest BCUT2D eigenvalue weighted by atomic mass is 10.0. The average Bonchev–Trinajstić information content (AvgIpc) is 3.31. The van der Waals surface area contributed by atoms with Crippen LogP contribution in [0.1, 0.15) is 20.8 Å². The molecule has 0 N–H and O–H groups in total. The normalized spacial score (nSPS) is 11.6. The SMILES string of the molecule is CCn1cc(-c2ccncc2)c(-c2c(F)ccc(N(C(=O)OC(C)C)S(=O)(=O)c3cc(F)ccc3F)c2F)n1. The third-order valence-electron chi connectivity index (χ3n) is 5.52. The zero-order valence-corrected chi connectivity index (χ0v) is 21.7. The number of rotatable bonds is 7. The first-order valence-electron chi connectivity index (χ1n) is 11.6. The Bertz CT molecular complexity index is 1640. The summed E-state index contributed by atoms with van der Waals surface area (Å²) in [6.07, 6.45) is 1.98. The first-order valence-corrected chi connectivity index (χ1v) is 13.1. The van der Waals surface area contributed by atoms with E-state index in [0.717, 1.165) is 6.07 Å². The minimum Gasteiger partial charge on any atom is -0.446 e. The quantitative estimate of drug-likeness (QED) is 0.259. The molecule has 4 rings (SSSR count). The number of carbonyl (C=O) groups excluding carboxylic acids is 1. The van der Waals surface area contributed by atoms with Crippen LogP contribution in [0.2, 0.25) is 0 Å². The van der Waals surface area contributed by atoms with Crippen LogP contribution in [-0.2, 0) is 21.3 Å². The van der Waals surface area contributed by atoms with E-state index in [-0.39, 0.29) is 10.00 Å². The summed E-state index contributed by atoms with van der Waals surface area (Å²) in [6, 6.07) is 6.15. The molecule has 0 saturated heterocycles. The smallest absolute Gasteiger partial charge is 0.429 e. The molecule has 2 heterocycles. The van der Waals surface area contributed by atoms with Crippen LogP contribution in [0.4, 0.5) is 28.0 Å². The van der Waals surface area contributed by atoms with E-state index in [2.05, 4.69) is 10.1 Å². The van der Waals surface area contributed by atoms with Crippen molar-refractivity contribution in [3.05, 3.63) is 84.3 Å². The van der Waals surface area contributed by atoms with Crippen LogP contribution in [0, 0.1) is 23.3 Å². The van der Waals surface area contributed by atoms with Crippen molar-refractivity contribution in [2.45, 2.75) is 38.3 Å². The van der Waals surface area contributed by atoms with Gasteiger partial charge in [0.2, 0.25) is 0 Å². The Morgan fingerprint density at radius 2 is 1.69 bits per heavy atom. The molecule has 0 aliphatic rings. The number of halogens is 4. The molecule has 0 fully saturated rings. The molecule has 39 heavy (non-hydrogen) atoms. The molecular formula is C26H22F4N4O4S. The summed E-state index contributed by atoms with van der Waals surface area (Å²) in [4.78, 5) is 15.7. The highest BCUT2D eigenvalue weighted by Crippen LogP contribution is 2.39. The number of pyridine rings is 1. The van der Waals surface area contributed by atoms with E-state index in [0.29, 0.717) is 41.9 Å². The molecule has 0 aliphatic heterocycles. The molecule has 0 unspecified atom stereocenters. The van der Waals surface area contributed by atoms with Gasteiger partial charge in [-0.05, 0) is 68.8 Å². The molecule has 8 nitrogen and oxygen atoms in total. The van der Waals surface area contributed by atoms with Crippen LogP contribution in [-0.4, -0.2) is 35.4 Å². The number of ether oxygens (including phenoxy) is 1. The molecule has 0 bridgehead atoms. The Balaban J connectivity index is 1.99. The summed E-state index contributed by atoms with van der Waals surface area (Å²) in [6.45, 7) is 4.88. The predicted molar refractivity (Wildman–Crippen MR) is 134 cm³/mol. The van der Waals surface area contributed by atoms with Gasteiger partial charge < -0.3 is 4.74 Å². The van der Waals surface area contributed by atoms with Crippen LogP contribution in [0.3, 0.4) is 0 Å². The highest BCUT2D eigenvalue weighted by molar-refractivity contribution is 7.93. The van der Waals surface area contributed by atoms with Crippen molar-refractivity contribution in [2.24, 2.45) is 0 Å². The van der Waals surface area contributed by atoms with Gasteiger partial charge in [-0.25, -0.2) is 30.8 Å². The van der Waals surface area contributed by atoms with Crippen LogP contribution in [0.15, 0.2) is 66.0 Å². The molecule has 1 amide bonds. The maximum Gasteiger partial charge on any atom is 0.429 e. The Morgan fingerprint density at radius 3 is 2.33 bits per heavy atom. The molecule has 0 aliphatic carbocycles. The number of benzene rings is 2. The van der Waals surface area contributed by atoms with Gasteiger partial charge in [0.15, 0.2) is 5.82 Å². The number of carbonyl (C=O) groups is 1. The monoisotopic (exact) mass is 562 g/mol. The minimum atomic E-state index is -5.30. The molecule has 2 aromatic carbocycles. The van der Waals surface area contributed by atoms with Gasteiger partial charge >= 0.3 is 6.09 Å². The van der Waals surface area contributed by atoms with E-state index in [1.54, 1.807) is 25.3 Å². The van der Waals surface area contributed by atoms with Gasteiger partial charge in [0.25, 0.3) is 10.0 Å². The average molecular weight is 563 g/mol. The predicted octanol–water partition coefficient (Wildman–Crippen LogP) is 5.93. The summed E-state index contributed by atoms with van der Waals surface area (Å²) >= 11 is 0. The molecule has 2 aromatic heterocycles. The number of hydrogen-bond acceptors (Lipinski definition) is 6. The molecule has 0 radical (unpaired) electrons. The number of amides is 1. The topological polar surface area (TPSA) is 94.4 Å². The fraction of sp³-hybridized carbons (Fsp3) is 0.192. The summed E-state index contributed by atoms with van der Waals surface area (Å²) in [7, 11) is -5.30. The number of aryl methyl sites for hydroxylation is 1. The van der Waals surface area contributed by atoms with Crippen LogP contribution in [0.25, 0.3) is 22.4 Å². The Labute approximate surface area is 221 Å². The van der Waals surface area contributed by atoms with Crippen LogP contribution >= 0.6 is 0 Å². The van der Waals surface area contributed by atoms with E-state index < -0.39 is 61.6 Å². The van der Waals surface area contributed by atoms with Crippen molar-refractivity contribution in [1.82, 2.24) is 14.8 Å². The second-order valence-corrected chi connectivity index (χ2v) is 10.3. The second kappa shape index (κ2) is 10.8. The van der Waals surface area contributed by atoms with Gasteiger partial charge in [-0.2, -0.15) is 9.40 Å². The van der Waals surface area contributed by atoms with Gasteiger partial charge in [0, 0.05) is 30.7 Å². The van der Waals surface area contributed by atoms with Crippen LogP contribution < -0.4 is 4.31 Å². The van der Waals surface area contributed by atoms with Crippen molar-refractivity contribution >= 4 is 21.8 Å². The Kier molecular flexibility index (Phi) is 7.72. The summed E-state index contributed by atoms with van der Waals surface area (Å²) < 4.78 is 93.1. The van der Waals surface area contributed by atoms with E-state index in [4.69, 9.17) is 4.74 Å².